The number of rotatable bonds is 3. The summed E-state index contributed by atoms with van der Waals surface area (Å²) in [5.41, 5.74) is -0.424. The molecule has 1 rings (SSSR count). The first-order valence-corrected chi connectivity index (χ1v) is 5.41. The molecule has 0 heterocycles. The lowest BCUT2D eigenvalue weighted by atomic mass is 10.3. The summed E-state index contributed by atoms with van der Waals surface area (Å²) in [4.78, 5) is 20.4. The Morgan fingerprint density at radius 1 is 1.56 bits per heavy atom. The summed E-state index contributed by atoms with van der Waals surface area (Å²) < 4.78 is 22.1. The third-order valence-corrected chi connectivity index (χ3v) is 1.80. The van der Waals surface area contributed by atoms with Crippen LogP contribution in [-0.4, -0.2) is 15.7 Å². The summed E-state index contributed by atoms with van der Waals surface area (Å²) in [5, 5.41) is 10.3. The maximum absolute atomic E-state index is 13.2. The number of nitrogens with zero attached hydrogens (tertiary/aromatic N) is 1. The minimum absolute atomic E-state index is 0.0607. The van der Waals surface area contributed by atoms with E-state index in [1.165, 1.54) is 0 Å². The lowest BCUT2D eigenvalue weighted by Crippen LogP contribution is -2.10. The van der Waals surface area contributed by atoms with Gasteiger partial charge in [-0.25, -0.2) is 9.18 Å². The van der Waals surface area contributed by atoms with E-state index in [-0.39, 0.29) is 4.61 Å². The molecule has 0 fully saturated rings. The molecule has 0 saturated heterocycles. The van der Waals surface area contributed by atoms with Gasteiger partial charge < -0.3 is 9.47 Å². The minimum Gasteiger partial charge on any atom is -0.423 e. The third-order valence-electron chi connectivity index (χ3n) is 1.49. The topological polar surface area (TPSA) is 78.7 Å². The van der Waals surface area contributed by atoms with Gasteiger partial charge >= 0.3 is 6.16 Å². The van der Waals surface area contributed by atoms with Crippen LogP contribution in [0.1, 0.15) is 0 Å². The predicted molar refractivity (Wildman–Crippen MR) is 59.1 cm³/mol. The Bertz CT molecular complexity index is 425. The Kier molecular flexibility index (Phi) is 4.40. The number of hydrogen-bond donors (Lipinski definition) is 0. The molecular formula is C8H5FINO5. The second kappa shape index (κ2) is 5.58. The Balaban J connectivity index is 2.83. The molecule has 0 aliphatic rings. The lowest BCUT2D eigenvalue weighted by molar-refractivity contribution is -0.385. The summed E-state index contributed by atoms with van der Waals surface area (Å²) >= 11 is 1.76. The van der Waals surface area contributed by atoms with E-state index in [0.717, 1.165) is 12.1 Å². The Hall–Kier alpha value is -1.45. The van der Waals surface area contributed by atoms with E-state index < -0.39 is 28.3 Å². The molecule has 0 aliphatic carbocycles. The fourth-order valence-corrected chi connectivity index (χ4v) is 1.10. The highest BCUT2D eigenvalue weighted by atomic mass is 127. The zero-order valence-corrected chi connectivity index (χ0v) is 9.84. The second-order valence-corrected chi connectivity index (χ2v) is 3.10. The van der Waals surface area contributed by atoms with Crippen LogP contribution in [0.15, 0.2) is 18.2 Å². The highest BCUT2D eigenvalue weighted by Gasteiger charge is 2.14. The van der Waals surface area contributed by atoms with Gasteiger partial charge in [-0.2, -0.15) is 0 Å². The van der Waals surface area contributed by atoms with Crippen molar-refractivity contribution in [3.8, 4) is 5.75 Å². The van der Waals surface area contributed by atoms with Crippen LogP contribution in [0.2, 0.25) is 0 Å². The molecule has 1 aromatic carbocycles. The molecule has 8 heteroatoms. The van der Waals surface area contributed by atoms with Crippen LogP contribution in [0.25, 0.3) is 0 Å². The van der Waals surface area contributed by atoms with E-state index in [9.17, 15) is 19.3 Å². The van der Waals surface area contributed by atoms with Crippen molar-refractivity contribution in [3.63, 3.8) is 0 Å². The molecule has 16 heavy (non-hydrogen) atoms. The Labute approximate surface area is 103 Å². The van der Waals surface area contributed by atoms with Crippen molar-refractivity contribution >= 4 is 34.4 Å². The monoisotopic (exact) mass is 341 g/mol. The zero-order valence-electron chi connectivity index (χ0n) is 7.68. The van der Waals surface area contributed by atoms with Crippen LogP contribution >= 0.6 is 22.6 Å². The van der Waals surface area contributed by atoms with Crippen LogP contribution in [0.3, 0.4) is 0 Å². The molecule has 0 aromatic heterocycles. The van der Waals surface area contributed by atoms with Crippen molar-refractivity contribution in [2.45, 2.75) is 0 Å². The molecule has 0 spiro atoms. The third kappa shape index (κ3) is 3.29. The van der Waals surface area contributed by atoms with Gasteiger partial charge in [0.1, 0.15) is 4.61 Å². The second-order valence-electron chi connectivity index (χ2n) is 2.48. The van der Waals surface area contributed by atoms with Gasteiger partial charge in [0.15, 0.2) is 11.6 Å². The number of benzene rings is 1. The molecule has 0 bridgehead atoms. The first kappa shape index (κ1) is 12.6. The van der Waals surface area contributed by atoms with Gasteiger partial charge in [-0.3, -0.25) is 10.1 Å². The lowest BCUT2D eigenvalue weighted by Gasteiger charge is -2.03. The fraction of sp³-hybridized carbons (Fsp3) is 0.125. The van der Waals surface area contributed by atoms with E-state index in [2.05, 4.69) is 9.47 Å². The zero-order chi connectivity index (χ0) is 12.1. The SMILES string of the molecule is O=C(OCI)Oc1ccc([N+](=O)[O-])cc1F. The average molecular weight is 341 g/mol. The number of nitro groups is 1. The van der Waals surface area contributed by atoms with Crippen LogP contribution in [-0.2, 0) is 4.74 Å². The first-order chi connectivity index (χ1) is 7.54. The molecule has 86 valence electrons. The summed E-state index contributed by atoms with van der Waals surface area (Å²) in [6.07, 6.45) is -1.07. The maximum atomic E-state index is 13.2. The first-order valence-electron chi connectivity index (χ1n) is 3.89. The Morgan fingerprint density at radius 2 is 2.25 bits per heavy atom. The van der Waals surface area contributed by atoms with Gasteiger partial charge in [-0.15, -0.1) is 0 Å². The molecule has 6 nitrogen and oxygen atoms in total. The van der Waals surface area contributed by atoms with Gasteiger partial charge in [-0.1, -0.05) is 0 Å². The molecule has 0 unspecified atom stereocenters. The summed E-state index contributed by atoms with van der Waals surface area (Å²) in [5.74, 6) is -1.42. The number of hydrogen-bond acceptors (Lipinski definition) is 5. The standard InChI is InChI=1S/C8H5FINO5/c9-6-3-5(11(13)14)1-2-7(6)16-8(12)15-4-10/h1-3H,4H2. The summed E-state index contributed by atoms with van der Waals surface area (Å²) in [6, 6.07) is 2.67. The molecule has 0 aliphatic heterocycles. The van der Waals surface area contributed by atoms with Crippen LogP contribution < -0.4 is 4.74 Å². The van der Waals surface area contributed by atoms with E-state index in [1.54, 1.807) is 22.6 Å². The highest BCUT2D eigenvalue weighted by Crippen LogP contribution is 2.22. The van der Waals surface area contributed by atoms with Crippen LogP contribution in [0, 0.1) is 15.9 Å². The molecular weight excluding hydrogens is 336 g/mol. The van der Waals surface area contributed by atoms with Gasteiger partial charge in [0.2, 0.25) is 0 Å². The minimum atomic E-state index is -1.07. The Morgan fingerprint density at radius 3 is 2.75 bits per heavy atom. The molecule has 0 atom stereocenters. The summed E-state index contributed by atoms with van der Waals surface area (Å²) in [7, 11) is 0. The van der Waals surface area contributed by atoms with Gasteiger partial charge in [0, 0.05) is 6.07 Å². The van der Waals surface area contributed by atoms with Crippen molar-refractivity contribution < 1.29 is 23.6 Å². The van der Waals surface area contributed by atoms with Gasteiger partial charge in [-0.05, 0) is 28.7 Å². The number of nitro benzene ring substituents is 1. The largest absolute Gasteiger partial charge is 0.514 e. The van der Waals surface area contributed by atoms with Gasteiger partial charge in [0.05, 0.1) is 11.0 Å². The average Bonchev–Trinajstić information content (AvgIpc) is 2.21. The van der Waals surface area contributed by atoms with Crippen molar-refractivity contribution in [2.24, 2.45) is 0 Å². The molecule has 1 aromatic rings. The van der Waals surface area contributed by atoms with Gasteiger partial charge in [0.25, 0.3) is 5.69 Å². The number of alkyl halides is 1. The van der Waals surface area contributed by atoms with E-state index >= 15 is 0 Å². The predicted octanol–water partition coefficient (Wildman–Crippen LogP) is 2.64. The molecule has 0 N–H and O–H groups in total. The maximum Gasteiger partial charge on any atom is 0.514 e. The van der Waals surface area contributed by atoms with Crippen LogP contribution in [0.4, 0.5) is 14.9 Å². The summed E-state index contributed by atoms with van der Waals surface area (Å²) in [6.45, 7) is 0. The van der Waals surface area contributed by atoms with Crippen LogP contribution in [0.5, 0.6) is 5.75 Å². The number of ether oxygens (including phenoxy) is 2. The number of carbonyl (C=O) groups excluding carboxylic acids is 1. The smallest absolute Gasteiger partial charge is 0.423 e. The van der Waals surface area contributed by atoms with Crippen molar-refractivity contribution in [3.05, 3.63) is 34.1 Å². The van der Waals surface area contributed by atoms with E-state index in [0.29, 0.717) is 6.07 Å². The number of non-ortho nitro benzene ring substituents is 1. The quantitative estimate of drug-likeness (QED) is 0.211. The van der Waals surface area contributed by atoms with Crippen molar-refractivity contribution in [1.29, 1.82) is 0 Å². The van der Waals surface area contributed by atoms with E-state index in [1.807, 2.05) is 0 Å². The molecule has 0 amide bonds. The molecule has 0 radical (unpaired) electrons. The molecule has 0 saturated carbocycles. The van der Waals surface area contributed by atoms with Crippen molar-refractivity contribution in [2.75, 3.05) is 4.61 Å². The fourth-order valence-electron chi connectivity index (χ4n) is 0.850. The highest BCUT2D eigenvalue weighted by molar-refractivity contribution is 14.1. The number of halogens is 2. The normalized spacial score (nSPS) is 9.62. The van der Waals surface area contributed by atoms with Crippen molar-refractivity contribution in [1.82, 2.24) is 0 Å². The van der Waals surface area contributed by atoms with E-state index in [4.69, 9.17) is 0 Å². The number of carbonyl (C=O) groups is 1.